The molecule has 1 aliphatic carbocycles. The van der Waals surface area contributed by atoms with E-state index in [0.29, 0.717) is 0 Å². The first-order chi connectivity index (χ1) is 3.93. The van der Waals surface area contributed by atoms with Gasteiger partial charge in [0.15, 0.2) is 0 Å². The summed E-state index contributed by atoms with van der Waals surface area (Å²) in [6, 6.07) is 0. The van der Waals surface area contributed by atoms with Crippen molar-refractivity contribution < 1.29 is 0 Å². The Morgan fingerprint density at radius 3 is 3.00 bits per heavy atom. The summed E-state index contributed by atoms with van der Waals surface area (Å²) in [6.07, 6.45) is 10.1. The Hall–Kier alpha value is -0.260. The highest BCUT2D eigenvalue weighted by Gasteiger charge is 2.05. The zero-order chi connectivity index (χ0) is 5.82. The number of rotatable bonds is 2. The highest BCUT2D eigenvalue weighted by molar-refractivity contribution is 4.95. The average Bonchev–Trinajstić information content (AvgIpc) is 2.19. The smallest absolute Gasteiger partial charge is 0.0231 e. The topological polar surface area (TPSA) is 0 Å². The number of hydrogen-bond donors (Lipinski definition) is 0. The van der Waals surface area contributed by atoms with Crippen molar-refractivity contribution in [3.8, 4) is 0 Å². The van der Waals surface area contributed by atoms with Gasteiger partial charge in [0.2, 0.25) is 0 Å². The summed E-state index contributed by atoms with van der Waals surface area (Å²) in [5.74, 6) is 0.931. The Kier molecular flexibility index (Phi) is 2.13. The minimum atomic E-state index is 0.931. The highest BCUT2D eigenvalue weighted by atomic mass is 14.1. The van der Waals surface area contributed by atoms with Crippen LogP contribution in [0.4, 0.5) is 0 Å². The van der Waals surface area contributed by atoms with E-state index in [1.165, 1.54) is 25.7 Å². The van der Waals surface area contributed by atoms with Gasteiger partial charge in [0.1, 0.15) is 0 Å². The molecule has 0 bridgehead atoms. The molecule has 0 saturated heterocycles. The lowest BCUT2D eigenvalue weighted by Gasteiger charge is -2.01. The van der Waals surface area contributed by atoms with E-state index in [1.54, 1.807) is 0 Å². The van der Waals surface area contributed by atoms with Crippen LogP contribution in [-0.2, 0) is 0 Å². The molecule has 0 saturated carbocycles. The van der Waals surface area contributed by atoms with Crippen molar-refractivity contribution in [3.63, 3.8) is 0 Å². The second-order valence-electron chi connectivity index (χ2n) is 2.55. The normalized spacial score (nSPS) is 26.9. The van der Waals surface area contributed by atoms with Crippen LogP contribution in [0.15, 0.2) is 12.2 Å². The second kappa shape index (κ2) is 2.91. The van der Waals surface area contributed by atoms with E-state index in [4.69, 9.17) is 0 Å². The number of hydrogen-bond acceptors (Lipinski definition) is 0. The van der Waals surface area contributed by atoms with E-state index in [1.807, 2.05) is 0 Å². The predicted molar refractivity (Wildman–Crippen MR) is 36.8 cm³/mol. The molecule has 0 aromatic heterocycles. The monoisotopic (exact) mass is 110 g/mol. The SMILES string of the molecule is CCCC1C=CCC1. The van der Waals surface area contributed by atoms with Gasteiger partial charge in [0, 0.05) is 0 Å². The van der Waals surface area contributed by atoms with Crippen molar-refractivity contribution in [1.82, 2.24) is 0 Å². The summed E-state index contributed by atoms with van der Waals surface area (Å²) in [5.41, 5.74) is 0. The van der Waals surface area contributed by atoms with Crippen molar-refractivity contribution in [2.24, 2.45) is 5.92 Å². The molecule has 0 aromatic carbocycles. The molecule has 0 radical (unpaired) electrons. The van der Waals surface area contributed by atoms with Gasteiger partial charge >= 0.3 is 0 Å². The van der Waals surface area contributed by atoms with Gasteiger partial charge in [0.05, 0.1) is 0 Å². The molecule has 1 unspecified atom stereocenters. The second-order valence-corrected chi connectivity index (χ2v) is 2.55. The van der Waals surface area contributed by atoms with Crippen molar-refractivity contribution in [2.75, 3.05) is 0 Å². The first-order valence-corrected chi connectivity index (χ1v) is 3.60. The first-order valence-electron chi connectivity index (χ1n) is 3.60. The molecular formula is C8H14. The van der Waals surface area contributed by atoms with Gasteiger partial charge in [-0.05, 0) is 25.2 Å². The lowest BCUT2D eigenvalue weighted by Crippen LogP contribution is -1.88. The van der Waals surface area contributed by atoms with Crippen molar-refractivity contribution in [3.05, 3.63) is 12.2 Å². The lowest BCUT2D eigenvalue weighted by atomic mass is 10.0. The van der Waals surface area contributed by atoms with Crippen LogP contribution in [0.1, 0.15) is 32.6 Å². The summed E-state index contributed by atoms with van der Waals surface area (Å²) < 4.78 is 0. The Bertz CT molecular complexity index is 82.0. The van der Waals surface area contributed by atoms with Crippen LogP contribution in [0.3, 0.4) is 0 Å². The molecule has 1 aliphatic rings. The molecule has 0 heterocycles. The molecule has 0 heteroatoms. The van der Waals surface area contributed by atoms with E-state index in [2.05, 4.69) is 19.1 Å². The third-order valence-corrected chi connectivity index (χ3v) is 1.77. The molecule has 0 spiro atoms. The minimum Gasteiger partial charge on any atom is -0.0882 e. The predicted octanol–water partition coefficient (Wildman–Crippen LogP) is 2.75. The Morgan fingerprint density at radius 1 is 1.62 bits per heavy atom. The number of allylic oxidation sites excluding steroid dienone is 2. The molecule has 1 atom stereocenters. The first kappa shape index (κ1) is 5.87. The van der Waals surface area contributed by atoms with Gasteiger partial charge in [-0.1, -0.05) is 25.5 Å². The molecule has 0 aromatic rings. The summed E-state index contributed by atoms with van der Waals surface area (Å²) in [5, 5.41) is 0. The molecule has 0 amide bonds. The standard InChI is InChI=1S/C8H14/c1-2-5-8-6-3-4-7-8/h3,6,8H,2,4-5,7H2,1H3. The van der Waals surface area contributed by atoms with Gasteiger partial charge in [-0.15, -0.1) is 0 Å². The average molecular weight is 110 g/mol. The van der Waals surface area contributed by atoms with Gasteiger partial charge in [-0.25, -0.2) is 0 Å². The Labute approximate surface area is 51.6 Å². The van der Waals surface area contributed by atoms with Crippen LogP contribution in [0.5, 0.6) is 0 Å². The van der Waals surface area contributed by atoms with Gasteiger partial charge in [-0.3, -0.25) is 0 Å². The molecule has 0 fully saturated rings. The van der Waals surface area contributed by atoms with E-state index in [0.717, 1.165) is 5.92 Å². The van der Waals surface area contributed by atoms with Gasteiger partial charge in [0.25, 0.3) is 0 Å². The fourth-order valence-corrected chi connectivity index (χ4v) is 1.31. The minimum absolute atomic E-state index is 0.931. The third-order valence-electron chi connectivity index (χ3n) is 1.77. The molecular weight excluding hydrogens is 96.1 g/mol. The zero-order valence-corrected chi connectivity index (χ0v) is 5.56. The van der Waals surface area contributed by atoms with E-state index in [-0.39, 0.29) is 0 Å². The largest absolute Gasteiger partial charge is 0.0882 e. The van der Waals surface area contributed by atoms with E-state index < -0.39 is 0 Å². The summed E-state index contributed by atoms with van der Waals surface area (Å²) in [7, 11) is 0. The fourth-order valence-electron chi connectivity index (χ4n) is 1.31. The third kappa shape index (κ3) is 1.36. The molecule has 0 nitrogen and oxygen atoms in total. The molecule has 8 heavy (non-hydrogen) atoms. The Morgan fingerprint density at radius 2 is 2.50 bits per heavy atom. The highest BCUT2D eigenvalue weighted by Crippen LogP contribution is 2.20. The Balaban J connectivity index is 2.16. The lowest BCUT2D eigenvalue weighted by molar-refractivity contribution is 0.569. The van der Waals surface area contributed by atoms with Crippen molar-refractivity contribution in [2.45, 2.75) is 32.6 Å². The molecule has 0 N–H and O–H groups in total. The van der Waals surface area contributed by atoms with Crippen LogP contribution < -0.4 is 0 Å². The van der Waals surface area contributed by atoms with Crippen molar-refractivity contribution in [1.29, 1.82) is 0 Å². The van der Waals surface area contributed by atoms with Crippen LogP contribution in [0.25, 0.3) is 0 Å². The molecule has 1 rings (SSSR count). The quantitative estimate of drug-likeness (QED) is 0.479. The van der Waals surface area contributed by atoms with E-state index >= 15 is 0 Å². The maximum absolute atomic E-state index is 2.36. The van der Waals surface area contributed by atoms with Gasteiger partial charge in [-0.2, -0.15) is 0 Å². The van der Waals surface area contributed by atoms with Crippen LogP contribution in [-0.4, -0.2) is 0 Å². The summed E-state index contributed by atoms with van der Waals surface area (Å²) in [6.45, 7) is 2.26. The summed E-state index contributed by atoms with van der Waals surface area (Å²) >= 11 is 0. The maximum atomic E-state index is 2.36. The maximum Gasteiger partial charge on any atom is -0.0231 e. The van der Waals surface area contributed by atoms with Crippen LogP contribution >= 0.6 is 0 Å². The zero-order valence-electron chi connectivity index (χ0n) is 5.56. The van der Waals surface area contributed by atoms with E-state index in [9.17, 15) is 0 Å². The molecule has 46 valence electrons. The van der Waals surface area contributed by atoms with Crippen LogP contribution in [0, 0.1) is 5.92 Å². The van der Waals surface area contributed by atoms with Crippen LogP contribution in [0.2, 0.25) is 0 Å². The van der Waals surface area contributed by atoms with Gasteiger partial charge < -0.3 is 0 Å². The molecule has 0 aliphatic heterocycles. The summed E-state index contributed by atoms with van der Waals surface area (Å²) in [4.78, 5) is 0. The van der Waals surface area contributed by atoms with Crippen molar-refractivity contribution >= 4 is 0 Å². The fraction of sp³-hybridized carbons (Fsp3) is 0.750.